The lowest BCUT2D eigenvalue weighted by atomic mass is 9.84. The van der Waals surface area contributed by atoms with Crippen LogP contribution >= 0.6 is 10.7 Å². The van der Waals surface area contributed by atoms with Crippen LogP contribution in [0, 0.1) is 5.82 Å². The molecule has 1 atom stereocenters. The third kappa shape index (κ3) is 2.87. The number of hydrogen-bond donors (Lipinski definition) is 0. The molecule has 1 heterocycles. The molecule has 120 valence electrons. The number of rotatable bonds is 1. The molecule has 8 heteroatoms. The molecule has 0 aromatic heterocycles. The molecule has 0 saturated carbocycles. The average Bonchev–Trinajstić information content (AvgIpc) is 2.62. The molecule has 0 spiro atoms. The minimum absolute atomic E-state index is 0.112. The summed E-state index contributed by atoms with van der Waals surface area (Å²) in [5.41, 5.74) is -2.35. The molecular formula is C14H15ClFNO4S. The zero-order chi connectivity index (χ0) is 16.9. The Labute approximate surface area is 132 Å². The highest BCUT2D eigenvalue weighted by Crippen LogP contribution is 2.44. The first-order valence-electron chi connectivity index (χ1n) is 6.43. The molecule has 0 amide bonds. The molecule has 0 N–H and O–H groups in total. The largest absolute Gasteiger partial charge is 0.459 e. The summed E-state index contributed by atoms with van der Waals surface area (Å²) >= 11 is 0. The van der Waals surface area contributed by atoms with Gasteiger partial charge in [-0.3, -0.25) is 4.79 Å². The van der Waals surface area contributed by atoms with Crippen molar-refractivity contribution in [2.75, 3.05) is 0 Å². The van der Waals surface area contributed by atoms with E-state index in [-0.39, 0.29) is 11.3 Å². The molecule has 0 aliphatic carbocycles. The number of benzene rings is 1. The number of esters is 1. The SMILES string of the molecule is CC(C)(C)OC(=O)C1(C)C(S(=O)(=O)Cl)=Nc2ccc(F)cc21. The Morgan fingerprint density at radius 1 is 1.36 bits per heavy atom. The van der Waals surface area contributed by atoms with Crippen LogP contribution in [-0.4, -0.2) is 25.0 Å². The van der Waals surface area contributed by atoms with Gasteiger partial charge in [-0.1, -0.05) is 0 Å². The Morgan fingerprint density at radius 2 is 1.95 bits per heavy atom. The van der Waals surface area contributed by atoms with E-state index in [9.17, 15) is 17.6 Å². The summed E-state index contributed by atoms with van der Waals surface area (Å²) in [4.78, 5) is 16.5. The molecule has 1 aromatic rings. The number of fused-ring (bicyclic) bond motifs is 1. The van der Waals surface area contributed by atoms with Crippen LogP contribution in [0.15, 0.2) is 23.2 Å². The first-order valence-corrected chi connectivity index (χ1v) is 8.74. The zero-order valence-corrected chi connectivity index (χ0v) is 14.0. The molecule has 0 bridgehead atoms. The van der Waals surface area contributed by atoms with Crippen molar-refractivity contribution >= 4 is 36.4 Å². The summed E-state index contributed by atoms with van der Waals surface area (Å²) in [7, 11) is 1.12. The van der Waals surface area contributed by atoms with Gasteiger partial charge in [0.2, 0.25) is 0 Å². The third-order valence-corrected chi connectivity index (χ3v) is 4.58. The maximum atomic E-state index is 13.5. The van der Waals surface area contributed by atoms with Crippen LogP contribution < -0.4 is 0 Å². The Bertz CT molecular complexity index is 783. The summed E-state index contributed by atoms with van der Waals surface area (Å²) in [6.07, 6.45) is 0. The van der Waals surface area contributed by atoms with Gasteiger partial charge in [-0.15, -0.1) is 0 Å². The fraction of sp³-hybridized carbons (Fsp3) is 0.429. The number of hydrogen-bond acceptors (Lipinski definition) is 5. The Balaban J connectivity index is 2.67. The van der Waals surface area contributed by atoms with Gasteiger partial charge in [0.25, 0.3) is 9.05 Å². The van der Waals surface area contributed by atoms with Crippen molar-refractivity contribution in [3.8, 4) is 0 Å². The van der Waals surface area contributed by atoms with Gasteiger partial charge in [-0.25, -0.2) is 17.8 Å². The van der Waals surface area contributed by atoms with E-state index in [1.54, 1.807) is 20.8 Å². The van der Waals surface area contributed by atoms with E-state index in [1.165, 1.54) is 13.0 Å². The van der Waals surface area contributed by atoms with Gasteiger partial charge in [0, 0.05) is 16.2 Å². The minimum atomic E-state index is -4.29. The smallest absolute Gasteiger partial charge is 0.323 e. The van der Waals surface area contributed by atoms with Crippen LogP contribution in [0.25, 0.3) is 0 Å². The Hall–Kier alpha value is -1.47. The van der Waals surface area contributed by atoms with Gasteiger partial charge < -0.3 is 4.74 Å². The van der Waals surface area contributed by atoms with Gasteiger partial charge >= 0.3 is 5.97 Å². The van der Waals surface area contributed by atoms with E-state index in [1.807, 2.05) is 0 Å². The minimum Gasteiger partial charge on any atom is -0.459 e. The summed E-state index contributed by atoms with van der Waals surface area (Å²) in [6.45, 7) is 6.23. The van der Waals surface area contributed by atoms with E-state index in [2.05, 4.69) is 4.99 Å². The van der Waals surface area contributed by atoms with Crippen LogP contribution in [0.2, 0.25) is 0 Å². The molecule has 0 radical (unpaired) electrons. The quantitative estimate of drug-likeness (QED) is 0.578. The topological polar surface area (TPSA) is 72.8 Å². The lowest BCUT2D eigenvalue weighted by Gasteiger charge is -2.29. The lowest BCUT2D eigenvalue weighted by Crippen LogP contribution is -2.45. The highest BCUT2D eigenvalue weighted by molar-refractivity contribution is 8.25. The second-order valence-electron chi connectivity index (χ2n) is 6.14. The van der Waals surface area contributed by atoms with Crippen LogP contribution in [-0.2, 0) is 24.0 Å². The van der Waals surface area contributed by atoms with Crippen LogP contribution in [0.4, 0.5) is 10.1 Å². The zero-order valence-electron chi connectivity index (χ0n) is 12.5. The van der Waals surface area contributed by atoms with Crippen molar-refractivity contribution in [2.24, 2.45) is 4.99 Å². The fourth-order valence-electron chi connectivity index (χ4n) is 2.22. The summed E-state index contributed by atoms with van der Waals surface area (Å²) in [5, 5.41) is -0.559. The first-order chi connectivity index (χ1) is 9.85. The Kier molecular flexibility index (Phi) is 3.86. The molecule has 1 aliphatic heterocycles. The Morgan fingerprint density at radius 3 is 2.45 bits per heavy atom. The van der Waals surface area contributed by atoms with Crippen molar-refractivity contribution in [1.29, 1.82) is 0 Å². The van der Waals surface area contributed by atoms with Crippen molar-refractivity contribution < 1.29 is 22.3 Å². The highest BCUT2D eigenvalue weighted by atomic mass is 35.7. The standard InChI is InChI=1S/C14H15ClFNO4S/c1-13(2,3)21-12(18)14(4)9-7-8(16)5-6-10(9)17-11(14)22(15,19)20/h5-7H,1-4H3. The molecule has 1 aliphatic rings. The van der Waals surface area contributed by atoms with Gasteiger partial charge in [0.05, 0.1) is 5.69 Å². The molecule has 0 fully saturated rings. The monoisotopic (exact) mass is 347 g/mol. The van der Waals surface area contributed by atoms with Crippen molar-refractivity contribution in [2.45, 2.75) is 38.7 Å². The van der Waals surface area contributed by atoms with Gasteiger partial charge in [0.1, 0.15) is 16.8 Å². The van der Waals surface area contributed by atoms with E-state index in [0.29, 0.717) is 0 Å². The summed E-state index contributed by atoms with van der Waals surface area (Å²) in [6, 6.07) is 3.49. The maximum absolute atomic E-state index is 13.5. The molecule has 1 unspecified atom stereocenters. The van der Waals surface area contributed by atoms with E-state index in [4.69, 9.17) is 15.4 Å². The van der Waals surface area contributed by atoms with Gasteiger partial charge in [0.15, 0.2) is 5.04 Å². The molecule has 5 nitrogen and oxygen atoms in total. The van der Waals surface area contributed by atoms with Crippen molar-refractivity contribution in [1.82, 2.24) is 0 Å². The van der Waals surface area contributed by atoms with Crippen LogP contribution in [0.3, 0.4) is 0 Å². The summed E-state index contributed by atoms with van der Waals surface area (Å²) in [5.74, 6) is -1.47. The first kappa shape index (κ1) is 16.9. The number of aliphatic imine (C=N–C) groups is 1. The summed E-state index contributed by atoms with van der Waals surface area (Å²) < 4.78 is 42.4. The number of ether oxygens (including phenoxy) is 1. The molecule has 0 saturated heterocycles. The second-order valence-corrected chi connectivity index (χ2v) is 8.62. The number of carbonyl (C=O) groups is 1. The highest BCUT2D eigenvalue weighted by Gasteiger charge is 2.53. The predicted octanol–water partition coefficient (Wildman–Crippen LogP) is 3.04. The number of halogens is 2. The normalized spacial score (nSPS) is 21.3. The average molecular weight is 348 g/mol. The van der Waals surface area contributed by atoms with E-state index < -0.39 is 36.9 Å². The third-order valence-electron chi connectivity index (χ3n) is 3.19. The van der Waals surface area contributed by atoms with E-state index in [0.717, 1.165) is 12.1 Å². The predicted molar refractivity (Wildman–Crippen MR) is 81.5 cm³/mol. The molecular weight excluding hydrogens is 333 g/mol. The molecule has 1 aromatic carbocycles. The van der Waals surface area contributed by atoms with Crippen LogP contribution in [0.5, 0.6) is 0 Å². The maximum Gasteiger partial charge on any atom is 0.323 e. The second kappa shape index (κ2) is 5.03. The number of carbonyl (C=O) groups excluding carboxylic acids is 1. The van der Waals surface area contributed by atoms with E-state index >= 15 is 0 Å². The van der Waals surface area contributed by atoms with Gasteiger partial charge in [-0.2, -0.15) is 0 Å². The van der Waals surface area contributed by atoms with Crippen LogP contribution in [0.1, 0.15) is 33.3 Å². The van der Waals surface area contributed by atoms with Crippen molar-refractivity contribution in [3.63, 3.8) is 0 Å². The molecule has 2 rings (SSSR count). The van der Waals surface area contributed by atoms with Crippen molar-refractivity contribution in [3.05, 3.63) is 29.6 Å². The lowest BCUT2D eigenvalue weighted by molar-refractivity contribution is -0.158. The molecule has 22 heavy (non-hydrogen) atoms. The number of nitrogens with zero attached hydrogens (tertiary/aromatic N) is 1. The van der Waals surface area contributed by atoms with Gasteiger partial charge in [-0.05, 0) is 45.9 Å². The fourth-order valence-corrected chi connectivity index (χ4v) is 3.67.